The molecule has 0 aromatic heterocycles. The van der Waals surface area contributed by atoms with Crippen LogP contribution in [0.5, 0.6) is 0 Å². The molecule has 2 nitrogen and oxygen atoms in total. The standard InChI is InChI=1S/C16H25F3N2/c1-11(2)21(10-16(17,18)19)9-15(20-5)14-7-6-12(3)13(4)8-14/h6-8,11,15,20H,9-10H2,1-5H3. The van der Waals surface area contributed by atoms with Gasteiger partial charge in [0.05, 0.1) is 6.54 Å². The zero-order valence-electron chi connectivity index (χ0n) is 13.4. The first-order chi connectivity index (χ1) is 9.64. The molecule has 0 aliphatic carbocycles. The first-order valence-electron chi connectivity index (χ1n) is 7.19. The van der Waals surface area contributed by atoms with Gasteiger partial charge in [0.2, 0.25) is 0 Å². The average Bonchev–Trinajstić information content (AvgIpc) is 2.36. The molecule has 0 aliphatic heterocycles. The third kappa shape index (κ3) is 5.67. The Bertz CT molecular complexity index is 455. The van der Waals surface area contributed by atoms with Crippen LogP contribution in [-0.2, 0) is 0 Å². The Labute approximate surface area is 125 Å². The Morgan fingerprint density at radius 3 is 2.19 bits per heavy atom. The summed E-state index contributed by atoms with van der Waals surface area (Å²) >= 11 is 0. The van der Waals surface area contributed by atoms with Crippen molar-refractivity contribution in [3.05, 3.63) is 34.9 Å². The van der Waals surface area contributed by atoms with Gasteiger partial charge in [-0.15, -0.1) is 0 Å². The normalized spacial score (nSPS) is 14.0. The van der Waals surface area contributed by atoms with Crippen molar-refractivity contribution in [1.82, 2.24) is 10.2 Å². The summed E-state index contributed by atoms with van der Waals surface area (Å²) in [6.45, 7) is 7.07. The number of aryl methyl sites for hydroxylation is 2. The minimum absolute atomic E-state index is 0.117. The van der Waals surface area contributed by atoms with Crippen molar-refractivity contribution in [3.8, 4) is 0 Å². The quantitative estimate of drug-likeness (QED) is 0.859. The predicted octanol–water partition coefficient (Wildman–Crippen LogP) is 3.84. The monoisotopic (exact) mass is 302 g/mol. The Kier molecular flexibility index (Phi) is 6.23. The molecule has 120 valence electrons. The van der Waals surface area contributed by atoms with E-state index in [-0.39, 0.29) is 12.1 Å². The van der Waals surface area contributed by atoms with E-state index >= 15 is 0 Å². The summed E-state index contributed by atoms with van der Waals surface area (Å²) in [6, 6.07) is 5.76. The minimum Gasteiger partial charge on any atom is -0.312 e. The molecule has 0 heterocycles. The molecule has 1 rings (SSSR count). The maximum atomic E-state index is 12.7. The van der Waals surface area contributed by atoms with E-state index in [9.17, 15) is 13.2 Å². The van der Waals surface area contributed by atoms with E-state index in [0.717, 1.165) is 11.1 Å². The Balaban J connectivity index is 2.90. The topological polar surface area (TPSA) is 15.3 Å². The maximum Gasteiger partial charge on any atom is 0.401 e. The summed E-state index contributed by atoms with van der Waals surface area (Å²) in [5.41, 5.74) is 3.36. The Morgan fingerprint density at radius 1 is 1.14 bits per heavy atom. The molecule has 0 saturated carbocycles. The highest BCUT2D eigenvalue weighted by atomic mass is 19.4. The van der Waals surface area contributed by atoms with Gasteiger partial charge in [-0.1, -0.05) is 18.2 Å². The predicted molar refractivity (Wildman–Crippen MR) is 80.5 cm³/mol. The van der Waals surface area contributed by atoms with E-state index in [2.05, 4.69) is 5.32 Å². The van der Waals surface area contributed by atoms with Crippen LogP contribution >= 0.6 is 0 Å². The van der Waals surface area contributed by atoms with Crippen LogP contribution in [0.1, 0.15) is 36.6 Å². The van der Waals surface area contributed by atoms with Crippen LogP contribution in [0.15, 0.2) is 18.2 Å². The van der Waals surface area contributed by atoms with Crippen LogP contribution in [0.2, 0.25) is 0 Å². The fourth-order valence-electron chi connectivity index (χ4n) is 2.27. The third-order valence-electron chi connectivity index (χ3n) is 3.81. The van der Waals surface area contributed by atoms with Gasteiger partial charge in [-0.25, -0.2) is 0 Å². The largest absolute Gasteiger partial charge is 0.401 e. The number of alkyl halides is 3. The highest BCUT2D eigenvalue weighted by Crippen LogP contribution is 2.22. The highest BCUT2D eigenvalue weighted by molar-refractivity contribution is 5.31. The average molecular weight is 302 g/mol. The number of likely N-dealkylation sites (N-methyl/N-ethyl adjacent to an activating group) is 1. The van der Waals surface area contributed by atoms with Crippen molar-refractivity contribution in [2.75, 3.05) is 20.1 Å². The number of halogens is 3. The number of rotatable bonds is 6. The molecule has 1 aromatic carbocycles. The molecular weight excluding hydrogens is 277 g/mol. The summed E-state index contributed by atoms with van der Waals surface area (Å²) in [5, 5.41) is 3.13. The number of hydrogen-bond donors (Lipinski definition) is 1. The van der Waals surface area contributed by atoms with Crippen molar-refractivity contribution in [3.63, 3.8) is 0 Å². The third-order valence-corrected chi connectivity index (χ3v) is 3.81. The number of nitrogens with zero attached hydrogens (tertiary/aromatic N) is 1. The van der Waals surface area contributed by atoms with Crippen LogP contribution in [0.25, 0.3) is 0 Å². The van der Waals surface area contributed by atoms with Crippen molar-refractivity contribution in [1.29, 1.82) is 0 Å². The molecule has 21 heavy (non-hydrogen) atoms. The van der Waals surface area contributed by atoms with Crippen LogP contribution in [-0.4, -0.2) is 37.3 Å². The van der Waals surface area contributed by atoms with E-state index in [4.69, 9.17) is 0 Å². The van der Waals surface area contributed by atoms with Crippen molar-refractivity contribution in [2.45, 2.75) is 46.0 Å². The highest BCUT2D eigenvalue weighted by Gasteiger charge is 2.32. The zero-order chi connectivity index (χ0) is 16.2. The van der Waals surface area contributed by atoms with Gasteiger partial charge in [0.25, 0.3) is 0 Å². The molecule has 0 spiro atoms. The van der Waals surface area contributed by atoms with E-state index in [1.807, 2.05) is 32.0 Å². The van der Waals surface area contributed by atoms with Gasteiger partial charge in [0.15, 0.2) is 0 Å². The fraction of sp³-hybridized carbons (Fsp3) is 0.625. The summed E-state index contributed by atoms with van der Waals surface area (Å²) in [4.78, 5) is 1.45. The second kappa shape index (κ2) is 7.27. The lowest BCUT2D eigenvalue weighted by molar-refractivity contribution is -0.150. The van der Waals surface area contributed by atoms with Gasteiger partial charge < -0.3 is 5.32 Å². The van der Waals surface area contributed by atoms with Crippen LogP contribution < -0.4 is 5.32 Å². The molecule has 0 fully saturated rings. The molecular formula is C16H25F3N2. The summed E-state index contributed by atoms with van der Waals surface area (Å²) in [7, 11) is 1.78. The lowest BCUT2D eigenvalue weighted by Gasteiger charge is -2.31. The molecule has 1 unspecified atom stereocenters. The molecule has 5 heteroatoms. The first-order valence-corrected chi connectivity index (χ1v) is 7.19. The number of benzene rings is 1. The van der Waals surface area contributed by atoms with Gasteiger partial charge in [-0.05, 0) is 51.4 Å². The van der Waals surface area contributed by atoms with Gasteiger partial charge in [-0.2, -0.15) is 13.2 Å². The van der Waals surface area contributed by atoms with Gasteiger partial charge in [-0.3, -0.25) is 4.90 Å². The SMILES string of the molecule is CNC(CN(CC(F)(F)F)C(C)C)c1ccc(C)c(C)c1. The molecule has 1 atom stereocenters. The number of hydrogen-bond acceptors (Lipinski definition) is 2. The molecule has 0 saturated heterocycles. The van der Waals surface area contributed by atoms with E-state index in [1.54, 1.807) is 20.9 Å². The van der Waals surface area contributed by atoms with Gasteiger partial charge in [0.1, 0.15) is 0 Å². The summed E-state index contributed by atoms with van der Waals surface area (Å²) in [6.07, 6.45) is -4.17. The molecule has 0 radical (unpaired) electrons. The number of nitrogens with one attached hydrogen (secondary N) is 1. The van der Waals surface area contributed by atoms with E-state index in [1.165, 1.54) is 10.5 Å². The van der Waals surface area contributed by atoms with Gasteiger partial charge in [0, 0.05) is 18.6 Å². The lowest BCUT2D eigenvalue weighted by Crippen LogP contribution is -2.43. The van der Waals surface area contributed by atoms with E-state index in [0.29, 0.717) is 6.54 Å². The first kappa shape index (κ1) is 18.0. The molecule has 1 aromatic rings. The lowest BCUT2D eigenvalue weighted by atomic mass is 10.0. The minimum atomic E-state index is -4.17. The maximum absolute atomic E-state index is 12.7. The van der Waals surface area contributed by atoms with Gasteiger partial charge >= 0.3 is 6.18 Å². The summed E-state index contributed by atoms with van der Waals surface area (Å²) in [5.74, 6) is 0. The summed E-state index contributed by atoms with van der Waals surface area (Å²) < 4.78 is 38.0. The van der Waals surface area contributed by atoms with Crippen molar-refractivity contribution < 1.29 is 13.2 Å². The Morgan fingerprint density at radius 2 is 1.76 bits per heavy atom. The zero-order valence-corrected chi connectivity index (χ0v) is 13.4. The Hall–Kier alpha value is -1.07. The molecule has 0 amide bonds. The van der Waals surface area contributed by atoms with Crippen molar-refractivity contribution >= 4 is 0 Å². The second-order valence-electron chi connectivity index (χ2n) is 5.82. The van der Waals surface area contributed by atoms with Crippen LogP contribution in [0.3, 0.4) is 0 Å². The van der Waals surface area contributed by atoms with E-state index < -0.39 is 12.7 Å². The molecule has 0 bridgehead atoms. The van der Waals surface area contributed by atoms with Crippen LogP contribution in [0.4, 0.5) is 13.2 Å². The fourth-order valence-corrected chi connectivity index (χ4v) is 2.27. The van der Waals surface area contributed by atoms with Crippen molar-refractivity contribution in [2.24, 2.45) is 0 Å². The second-order valence-corrected chi connectivity index (χ2v) is 5.82. The molecule has 0 aliphatic rings. The smallest absolute Gasteiger partial charge is 0.312 e. The van der Waals surface area contributed by atoms with Crippen LogP contribution in [0, 0.1) is 13.8 Å². The molecule has 1 N–H and O–H groups in total.